The minimum atomic E-state index is -0.430. The second-order valence-electron chi connectivity index (χ2n) is 4.74. The highest BCUT2D eigenvalue weighted by molar-refractivity contribution is 6.06. The van der Waals surface area contributed by atoms with Crippen LogP contribution in [0.4, 0.5) is 0 Å². The van der Waals surface area contributed by atoms with Gasteiger partial charge in [0.05, 0.1) is 19.8 Å². The van der Waals surface area contributed by atoms with Crippen LogP contribution < -0.4 is 9.47 Å². The maximum atomic E-state index is 12.0. The van der Waals surface area contributed by atoms with E-state index in [4.69, 9.17) is 14.2 Å². The number of benzene rings is 2. The average molecular weight is 298 g/mol. The first-order valence-corrected chi connectivity index (χ1v) is 6.61. The Bertz CT molecular complexity index is 759. The molecule has 0 spiro atoms. The van der Waals surface area contributed by atoms with Crippen molar-refractivity contribution in [3.05, 3.63) is 53.1 Å². The topological polar surface area (TPSA) is 65.0 Å². The van der Waals surface area contributed by atoms with E-state index in [1.165, 1.54) is 14.2 Å². The van der Waals surface area contributed by atoms with Gasteiger partial charge >= 0.3 is 5.97 Å². The third-order valence-electron chi connectivity index (χ3n) is 3.40. The number of phenolic OH excluding ortho intramolecular Hbond substituents is 1. The second kappa shape index (κ2) is 5.44. The average Bonchev–Trinajstić information content (AvgIpc) is 2.83. The van der Waals surface area contributed by atoms with Crippen molar-refractivity contribution in [2.24, 2.45) is 0 Å². The molecule has 0 aliphatic carbocycles. The smallest absolute Gasteiger partial charge is 0.344 e. The maximum Gasteiger partial charge on any atom is 0.344 e. The molecule has 5 nitrogen and oxygen atoms in total. The Hall–Kier alpha value is -2.95. The van der Waals surface area contributed by atoms with E-state index in [0.29, 0.717) is 28.4 Å². The zero-order valence-electron chi connectivity index (χ0n) is 12.1. The van der Waals surface area contributed by atoms with Crippen LogP contribution in [0.1, 0.15) is 21.5 Å². The molecule has 5 heteroatoms. The molecule has 1 aliphatic rings. The summed E-state index contributed by atoms with van der Waals surface area (Å²) < 4.78 is 15.8. The Kier molecular flexibility index (Phi) is 3.47. The number of hydrogen-bond acceptors (Lipinski definition) is 5. The zero-order valence-corrected chi connectivity index (χ0v) is 12.1. The van der Waals surface area contributed by atoms with Gasteiger partial charge in [-0.25, -0.2) is 4.79 Å². The number of carbonyl (C=O) groups is 1. The number of cyclic esters (lactones) is 1. The van der Waals surface area contributed by atoms with Crippen molar-refractivity contribution >= 4 is 17.8 Å². The zero-order chi connectivity index (χ0) is 15.7. The number of fused-ring (bicyclic) bond motifs is 1. The van der Waals surface area contributed by atoms with Crippen LogP contribution in [0.25, 0.3) is 11.8 Å². The largest absolute Gasteiger partial charge is 0.508 e. The summed E-state index contributed by atoms with van der Waals surface area (Å²) in [5.74, 6) is 1.19. The number of ether oxygens (including phenoxy) is 3. The van der Waals surface area contributed by atoms with Crippen LogP contribution in [0.2, 0.25) is 0 Å². The van der Waals surface area contributed by atoms with Gasteiger partial charge in [0.25, 0.3) is 0 Å². The fraction of sp³-hybridized carbons (Fsp3) is 0.118. The molecule has 1 N–H and O–H groups in total. The van der Waals surface area contributed by atoms with Gasteiger partial charge in [0, 0.05) is 5.56 Å². The molecule has 0 atom stereocenters. The first-order chi connectivity index (χ1) is 10.6. The predicted molar refractivity (Wildman–Crippen MR) is 80.9 cm³/mol. The summed E-state index contributed by atoms with van der Waals surface area (Å²) in [7, 11) is 3.04. The molecule has 0 aromatic heterocycles. The van der Waals surface area contributed by atoms with Gasteiger partial charge in [-0.1, -0.05) is 12.1 Å². The lowest BCUT2D eigenvalue weighted by Crippen LogP contribution is -1.96. The summed E-state index contributed by atoms with van der Waals surface area (Å²) >= 11 is 0. The standard InChI is InChI=1S/C17H14O5/c1-20-15-8-12-13(9-16(15)21-2)17(19)22-14(12)7-10-3-5-11(18)6-4-10/h3-9,18H,1-2H3. The summed E-state index contributed by atoms with van der Waals surface area (Å²) in [5, 5.41) is 9.31. The molecule has 0 saturated heterocycles. The van der Waals surface area contributed by atoms with Crippen molar-refractivity contribution in [2.75, 3.05) is 14.2 Å². The van der Waals surface area contributed by atoms with Crippen LogP contribution in [0.3, 0.4) is 0 Å². The lowest BCUT2D eigenvalue weighted by atomic mass is 10.1. The van der Waals surface area contributed by atoms with E-state index in [1.54, 1.807) is 42.5 Å². The third kappa shape index (κ3) is 2.37. The number of esters is 1. The monoisotopic (exact) mass is 298 g/mol. The van der Waals surface area contributed by atoms with E-state index < -0.39 is 5.97 Å². The molecular weight excluding hydrogens is 284 g/mol. The van der Waals surface area contributed by atoms with Gasteiger partial charge in [-0.2, -0.15) is 0 Å². The lowest BCUT2D eigenvalue weighted by molar-refractivity contribution is 0.0717. The minimum Gasteiger partial charge on any atom is -0.508 e. The molecular formula is C17H14O5. The minimum absolute atomic E-state index is 0.178. The van der Waals surface area contributed by atoms with E-state index in [1.807, 2.05) is 0 Å². The Morgan fingerprint density at radius 1 is 1.00 bits per heavy atom. The Labute approximate surface area is 127 Å². The Morgan fingerprint density at radius 3 is 2.18 bits per heavy atom. The van der Waals surface area contributed by atoms with Crippen LogP contribution in [-0.2, 0) is 4.74 Å². The summed E-state index contributed by atoms with van der Waals surface area (Å²) in [6.07, 6.45) is 1.73. The second-order valence-corrected chi connectivity index (χ2v) is 4.74. The molecule has 112 valence electrons. The van der Waals surface area contributed by atoms with Gasteiger partial charge in [-0.3, -0.25) is 0 Å². The van der Waals surface area contributed by atoms with Crippen molar-refractivity contribution in [2.45, 2.75) is 0 Å². The van der Waals surface area contributed by atoms with Crippen LogP contribution in [0, 0.1) is 0 Å². The quantitative estimate of drug-likeness (QED) is 0.882. The molecule has 0 saturated carbocycles. The number of methoxy groups -OCH3 is 2. The molecule has 0 unspecified atom stereocenters. The van der Waals surface area contributed by atoms with E-state index in [0.717, 1.165) is 5.56 Å². The normalized spacial score (nSPS) is 14.6. The molecule has 1 aliphatic heterocycles. The van der Waals surface area contributed by atoms with Crippen LogP contribution in [0.5, 0.6) is 17.2 Å². The number of hydrogen-bond donors (Lipinski definition) is 1. The summed E-state index contributed by atoms with van der Waals surface area (Å²) in [6, 6.07) is 9.92. The Balaban J connectivity index is 2.08. The molecule has 0 bridgehead atoms. The molecule has 22 heavy (non-hydrogen) atoms. The van der Waals surface area contributed by atoms with E-state index in [2.05, 4.69) is 0 Å². The Morgan fingerprint density at radius 2 is 1.59 bits per heavy atom. The van der Waals surface area contributed by atoms with E-state index in [-0.39, 0.29) is 5.75 Å². The number of rotatable bonds is 3. The molecule has 2 aromatic carbocycles. The van der Waals surface area contributed by atoms with Gasteiger partial charge in [0.15, 0.2) is 11.5 Å². The fourth-order valence-corrected chi connectivity index (χ4v) is 2.29. The predicted octanol–water partition coefficient (Wildman–Crippen LogP) is 3.08. The molecule has 0 amide bonds. The maximum absolute atomic E-state index is 12.0. The highest BCUT2D eigenvalue weighted by atomic mass is 16.5. The highest BCUT2D eigenvalue weighted by Crippen LogP contribution is 2.39. The summed E-state index contributed by atoms with van der Waals surface area (Å²) in [6.45, 7) is 0. The number of carbonyl (C=O) groups excluding carboxylic acids is 1. The highest BCUT2D eigenvalue weighted by Gasteiger charge is 2.29. The number of phenols is 1. The van der Waals surface area contributed by atoms with Gasteiger partial charge in [-0.15, -0.1) is 0 Å². The summed E-state index contributed by atoms with van der Waals surface area (Å²) in [4.78, 5) is 12.0. The van der Waals surface area contributed by atoms with Crippen molar-refractivity contribution in [3.63, 3.8) is 0 Å². The third-order valence-corrected chi connectivity index (χ3v) is 3.40. The van der Waals surface area contributed by atoms with E-state index in [9.17, 15) is 9.90 Å². The molecule has 0 fully saturated rings. The first kappa shape index (κ1) is 14.0. The van der Waals surface area contributed by atoms with Crippen molar-refractivity contribution in [1.29, 1.82) is 0 Å². The summed E-state index contributed by atoms with van der Waals surface area (Å²) in [5.41, 5.74) is 1.89. The molecule has 3 rings (SSSR count). The lowest BCUT2D eigenvalue weighted by Gasteiger charge is -2.08. The molecule has 0 radical (unpaired) electrons. The number of aromatic hydroxyl groups is 1. The van der Waals surface area contributed by atoms with Gasteiger partial charge in [0.1, 0.15) is 11.5 Å². The van der Waals surface area contributed by atoms with Gasteiger partial charge in [-0.05, 0) is 35.9 Å². The van der Waals surface area contributed by atoms with Gasteiger partial charge in [0.2, 0.25) is 0 Å². The van der Waals surface area contributed by atoms with Crippen molar-refractivity contribution in [1.82, 2.24) is 0 Å². The van der Waals surface area contributed by atoms with Crippen molar-refractivity contribution in [3.8, 4) is 17.2 Å². The van der Waals surface area contributed by atoms with Crippen LogP contribution in [-0.4, -0.2) is 25.3 Å². The van der Waals surface area contributed by atoms with E-state index >= 15 is 0 Å². The van der Waals surface area contributed by atoms with Crippen LogP contribution >= 0.6 is 0 Å². The molecule has 2 aromatic rings. The van der Waals surface area contributed by atoms with Crippen LogP contribution in [0.15, 0.2) is 36.4 Å². The van der Waals surface area contributed by atoms with Crippen molar-refractivity contribution < 1.29 is 24.1 Å². The fourth-order valence-electron chi connectivity index (χ4n) is 2.29. The first-order valence-electron chi connectivity index (χ1n) is 6.61. The SMILES string of the molecule is COc1cc2c(cc1OC)C(=Cc1ccc(O)cc1)OC2=O. The van der Waals surface area contributed by atoms with Gasteiger partial charge < -0.3 is 19.3 Å². The molecule has 1 heterocycles.